The molecule has 110 valence electrons. The van der Waals surface area contributed by atoms with Crippen molar-refractivity contribution < 1.29 is 19.0 Å². The maximum absolute atomic E-state index is 13.5. The lowest BCUT2D eigenvalue weighted by Gasteiger charge is -2.29. The van der Waals surface area contributed by atoms with E-state index in [-0.39, 0.29) is 18.5 Å². The number of aliphatic carboxylic acids is 1. The van der Waals surface area contributed by atoms with Gasteiger partial charge in [-0.3, -0.25) is 9.69 Å². The van der Waals surface area contributed by atoms with Crippen LogP contribution in [0, 0.1) is 11.7 Å². The predicted octanol–water partition coefficient (Wildman–Crippen LogP) is 2.51. The standard InChI is InChI=1S/C14H17BrFNO3/c1-2-17(12-8-20-7-10(12)14(18)19)6-9-4-3-5-11(16)13(9)15/h3-5,10,12H,2,6-8H2,1H3,(H,18,19). The molecule has 0 aromatic heterocycles. The molecule has 20 heavy (non-hydrogen) atoms. The predicted molar refractivity (Wildman–Crippen MR) is 75.9 cm³/mol. The smallest absolute Gasteiger partial charge is 0.310 e. The zero-order valence-electron chi connectivity index (χ0n) is 11.2. The van der Waals surface area contributed by atoms with E-state index in [1.165, 1.54) is 6.07 Å². The average molecular weight is 346 g/mol. The summed E-state index contributed by atoms with van der Waals surface area (Å²) in [6, 6.07) is 4.71. The summed E-state index contributed by atoms with van der Waals surface area (Å²) in [5.41, 5.74) is 0.808. The molecule has 1 heterocycles. The van der Waals surface area contributed by atoms with Crippen molar-refractivity contribution >= 4 is 21.9 Å². The monoisotopic (exact) mass is 345 g/mol. The van der Waals surface area contributed by atoms with Gasteiger partial charge < -0.3 is 9.84 Å². The first kappa shape index (κ1) is 15.4. The van der Waals surface area contributed by atoms with Gasteiger partial charge in [0.1, 0.15) is 5.82 Å². The van der Waals surface area contributed by atoms with Gasteiger partial charge in [-0.05, 0) is 34.1 Å². The number of ether oxygens (including phenoxy) is 1. The number of carboxylic acids is 1. The number of likely N-dealkylation sites (N-methyl/N-ethyl adjacent to an activating group) is 1. The molecule has 2 atom stereocenters. The molecule has 1 aromatic carbocycles. The molecule has 1 fully saturated rings. The van der Waals surface area contributed by atoms with Crippen LogP contribution in [0.4, 0.5) is 4.39 Å². The third kappa shape index (κ3) is 3.19. The molecule has 0 radical (unpaired) electrons. The normalized spacial score (nSPS) is 22.4. The van der Waals surface area contributed by atoms with Crippen molar-refractivity contribution in [1.29, 1.82) is 0 Å². The van der Waals surface area contributed by atoms with E-state index in [1.54, 1.807) is 6.07 Å². The van der Waals surface area contributed by atoms with Gasteiger partial charge in [0.25, 0.3) is 0 Å². The van der Waals surface area contributed by atoms with Crippen LogP contribution in [-0.4, -0.2) is 41.8 Å². The quantitative estimate of drug-likeness (QED) is 0.890. The Labute approximate surface area is 125 Å². The molecule has 0 saturated carbocycles. The van der Waals surface area contributed by atoms with Gasteiger partial charge in [0, 0.05) is 12.6 Å². The summed E-state index contributed by atoms with van der Waals surface area (Å²) >= 11 is 3.24. The van der Waals surface area contributed by atoms with E-state index < -0.39 is 11.9 Å². The van der Waals surface area contributed by atoms with E-state index in [0.717, 1.165) is 5.56 Å². The van der Waals surface area contributed by atoms with Gasteiger partial charge in [-0.1, -0.05) is 19.1 Å². The highest BCUT2D eigenvalue weighted by Gasteiger charge is 2.37. The van der Waals surface area contributed by atoms with Crippen molar-refractivity contribution in [3.05, 3.63) is 34.1 Å². The summed E-state index contributed by atoms with van der Waals surface area (Å²) in [6.07, 6.45) is 0. The minimum absolute atomic E-state index is 0.173. The van der Waals surface area contributed by atoms with Crippen molar-refractivity contribution in [2.45, 2.75) is 19.5 Å². The SMILES string of the molecule is CCN(Cc1cccc(F)c1Br)C1COCC1C(=O)O. The van der Waals surface area contributed by atoms with Crippen molar-refractivity contribution in [2.75, 3.05) is 19.8 Å². The molecule has 2 rings (SSSR count). The minimum Gasteiger partial charge on any atom is -0.481 e. The second kappa shape index (κ2) is 6.65. The molecule has 1 saturated heterocycles. The molecule has 1 aliphatic heterocycles. The molecule has 1 aromatic rings. The van der Waals surface area contributed by atoms with E-state index in [0.29, 0.717) is 24.2 Å². The van der Waals surface area contributed by atoms with Crippen LogP contribution in [0.2, 0.25) is 0 Å². The number of hydrogen-bond donors (Lipinski definition) is 1. The van der Waals surface area contributed by atoms with E-state index in [2.05, 4.69) is 15.9 Å². The molecular formula is C14H17BrFNO3. The highest BCUT2D eigenvalue weighted by atomic mass is 79.9. The lowest BCUT2D eigenvalue weighted by Crippen LogP contribution is -2.42. The first-order valence-corrected chi connectivity index (χ1v) is 7.31. The van der Waals surface area contributed by atoms with E-state index in [4.69, 9.17) is 4.74 Å². The molecule has 0 spiro atoms. The number of benzene rings is 1. The Morgan fingerprint density at radius 1 is 1.55 bits per heavy atom. The van der Waals surface area contributed by atoms with E-state index in [9.17, 15) is 14.3 Å². The molecule has 6 heteroatoms. The minimum atomic E-state index is -0.843. The lowest BCUT2D eigenvalue weighted by molar-refractivity contribution is -0.143. The van der Waals surface area contributed by atoms with Crippen LogP contribution in [0.5, 0.6) is 0 Å². The third-order valence-electron chi connectivity index (χ3n) is 3.65. The molecule has 1 aliphatic rings. The highest BCUT2D eigenvalue weighted by Crippen LogP contribution is 2.26. The van der Waals surface area contributed by atoms with Gasteiger partial charge in [-0.25, -0.2) is 4.39 Å². The van der Waals surface area contributed by atoms with Crippen LogP contribution < -0.4 is 0 Å². The van der Waals surface area contributed by atoms with Crippen LogP contribution in [0.1, 0.15) is 12.5 Å². The number of carbonyl (C=O) groups is 1. The maximum Gasteiger partial charge on any atom is 0.310 e. The second-order valence-corrected chi connectivity index (χ2v) is 5.62. The Bertz CT molecular complexity index is 497. The van der Waals surface area contributed by atoms with Gasteiger partial charge in [0.15, 0.2) is 0 Å². The summed E-state index contributed by atoms with van der Waals surface area (Å²) in [5, 5.41) is 9.22. The van der Waals surface area contributed by atoms with Crippen LogP contribution in [0.15, 0.2) is 22.7 Å². The Morgan fingerprint density at radius 3 is 2.95 bits per heavy atom. The summed E-state index contributed by atoms with van der Waals surface area (Å²) < 4.78 is 19.3. The van der Waals surface area contributed by atoms with Crippen molar-refractivity contribution in [3.63, 3.8) is 0 Å². The zero-order valence-corrected chi connectivity index (χ0v) is 12.8. The third-order valence-corrected chi connectivity index (χ3v) is 4.54. The molecule has 0 bridgehead atoms. The summed E-state index contributed by atoms with van der Waals surface area (Å²) in [4.78, 5) is 13.2. The van der Waals surface area contributed by atoms with Gasteiger partial charge >= 0.3 is 5.97 Å². The van der Waals surface area contributed by atoms with Crippen molar-refractivity contribution in [2.24, 2.45) is 5.92 Å². The van der Waals surface area contributed by atoms with Gasteiger partial charge in [0.05, 0.1) is 23.6 Å². The average Bonchev–Trinajstić information content (AvgIpc) is 2.90. The van der Waals surface area contributed by atoms with Gasteiger partial charge in [-0.15, -0.1) is 0 Å². The first-order valence-electron chi connectivity index (χ1n) is 6.52. The van der Waals surface area contributed by atoms with Crippen LogP contribution in [-0.2, 0) is 16.1 Å². The molecule has 2 unspecified atom stereocenters. The first-order chi connectivity index (χ1) is 9.54. The summed E-state index contributed by atoms with van der Waals surface area (Å²) in [5.74, 6) is -1.68. The molecule has 1 N–H and O–H groups in total. The number of hydrogen-bond acceptors (Lipinski definition) is 3. The number of carboxylic acid groups (broad SMARTS) is 1. The second-order valence-electron chi connectivity index (χ2n) is 4.83. The van der Waals surface area contributed by atoms with Crippen LogP contribution in [0.25, 0.3) is 0 Å². The van der Waals surface area contributed by atoms with Crippen LogP contribution in [0.3, 0.4) is 0 Å². The number of halogens is 2. The molecule has 4 nitrogen and oxygen atoms in total. The fraction of sp³-hybridized carbons (Fsp3) is 0.500. The highest BCUT2D eigenvalue weighted by molar-refractivity contribution is 9.10. The van der Waals surface area contributed by atoms with Crippen molar-refractivity contribution in [3.8, 4) is 0 Å². The Balaban J connectivity index is 2.16. The maximum atomic E-state index is 13.5. The Morgan fingerprint density at radius 2 is 2.30 bits per heavy atom. The zero-order chi connectivity index (χ0) is 14.7. The number of nitrogens with zero attached hydrogens (tertiary/aromatic N) is 1. The Kier molecular flexibility index (Phi) is 5.12. The topological polar surface area (TPSA) is 49.8 Å². The van der Waals surface area contributed by atoms with E-state index >= 15 is 0 Å². The van der Waals surface area contributed by atoms with Gasteiger partial charge in [0.2, 0.25) is 0 Å². The molecule has 0 amide bonds. The van der Waals surface area contributed by atoms with Gasteiger partial charge in [-0.2, -0.15) is 0 Å². The summed E-state index contributed by atoms with van der Waals surface area (Å²) in [7, 11) is 0. The van der Waals surface area contributed by atoms with Crippen LogP contribution >= 0.6 is 15.9 Å². The Hall–Kier alpha value is -0.980. The largest absolute Gasteiger partial charge is 0.481 e. The fourth-order valence-electron chi connectivity index (χ4n) is 2.49. The summed E-state index contributed by atoms with van der Waals surface area (Å²) in [6.45, 7) is 3.77. The lowest BCUT2D eigenvalue weighted by atomic mass is 10.0. The fourth-order valence-corrected chi connectivity index (χ4v) is 2.88. The number of rotatable bonds is 5. The van der Waals surface area contributed by atoms with Crippen molar-refractivity contribution in [1.82, 2.24) is 4.90 Å². The molecular weight excluding hydrogens is 329 g/mol. The molecule has 0 aliphatic carbocycles. The van der Waals surface area contributed by atoms with E-state index in [1.807, 2.05) is 17.9 Å².